The van der Waals surface area contributed by atoms with Crippen LogP contribution in [0.3, 0.4) is 0 Å². The van der Waals surface area contributed by atoms with Gasteiger partial charge in [-0.3, -0.25) is 4.68 Å². The van der Waals surface area contributed by atoms with Crippen molar-refractivity contribution in [2.45, 2.75) is 46.0 Å². The fourth-order valence-corrected chi connectivity index (χ4v) is 3.06. The molecule has 0 unspecified atom stereocenters. The van der Waals surface area contributed by atoms with E-state index in [1.807, 2.05) is 18.7 Å². The second-order valence-corrected chi connectivity index (χ2v) is 6.10. The molecule has 0 N–H and O–H groups in total. The molecule has 0 spiro atoms. The third-order valence-electron chi connectivity index (χ3n) is 4.24. The first kappa shape index (κ1) is 13.4. The van der Waals surface area contributed by atoms with Crippen LogP contribution >= 0.6 is 11.6 Å². The van der Waals surface area contributed by atoms with Gasteiger partial charge in [-0.05, 0) is 38.5 Å². The predicted octanol–water partition coefficient (Wildman–Crippen LogP) is 3.64. The Bertz CT molecular complexity index is 476. The highest BCUT2D eigenvalue weighted by molar-refractivity contribution is 6.31. The topological polar surface area (TPSA) is 41.6 Å². The SMILES string of the molecule is Cc1nn(C)c(CC2(C#N)CCC(C)CC2)c1Cl. The highest BCUT2D eigenvalue weighted by atomic mass is 35.5. The maximum atomic E-state index is 9.55. The summed E-state index contributed by atoms with van der Waals surface area (Å²) in [5, 5.41) is 14.6. The second-order valence-electron chi connectivity index (χ2n) is 5.72. The number of aryl methyl sites for hydroxylation is 2. The van der Waals surface area contributed by atoms with Gasteiger partial charge in [-0.25, -0.2) is 0 Å². The van der Waals surface area contributed by atoms with Crippen LogP contribution in [-0.4, -0.2) is 9.78 Å². The van der Waals surface area contributed by atoms with E-state index in [2.05, 4.69) is 18.1 Å². The third-order valence-corrected chi connectivity index (χ3v) is 4.73. The Morgan fingerprint density at radius 1 is 1.50 bits per heavy atom. The summed E-state index contributed by atoms with van der Waals surface area (Å²) in [7, 11) is 1.91. The number of hydrogen-bond donors (Lipinski definition) is 0. The van der Waals surface area contributed by atoms with E-state index in [-0.39, 0.29) is 5.41 Å². The Hall–Kier alpha value is -1.01. The fourth-order valence-electron chi connectivity index (χ4n) is 2.84. The van der Waals surface area contributed by atoms with Crippen molar-refractivity contribution in [3.8, 4) is 6.07 Å². The largest absolute Gasteiger partial charge is 0.271 e. The molecule has 98 valence electrons. The molecule has 0 atom stereocenters. The second kappa shape index (κ2) is 4.93. The van der Waals surface area contributed by atoms with E-state index in [4.69, 9.17) is 11.6 Å². The molecule has 1 fully saturated rings. The molecule has 0 amide bonds. The minimum atomic E-state index is -0.240. The van der Waals surface area contributed by atoms with Crippen molar-refractivity contribution in [2.24, 2.45) is 18.4 Å². The highest BCUT2D eigenvalue weighted by Gasteiger charge is 2.36. The summed E-state index contributed by atoms with van der Waals surface area (Å²) >= 11 is 6.29. The van der Waals surface area contributed by atoms with E-state index in [0.29, 0.717) is 0 Å². The van der Waals surface area contributed by atoms with Crippen LogP contribution in [0.1, 0.15) is 44.0 Å². The lowest BCUT2D eigenvalue weighted by Gasteiger charge is -2.33. The van der Waals surface area contributed by atoms with Gasteiger partial charge < -0.3 is 0 Å². The van der Waals surface area contributed by atoms with Crippen LogP contribution in [0.2, 0.25) is 5.02 Å². The molecule has 0 bridgehead atoms. The van der Waals surface area contributed by atoms with Crippen molar-refractivity contribution in [1.82, 2.24) is 9.78 Å². The van der Waals surface area contributed by atoms with Crippen LogP contribution in [-0.2, 0) is 13.5 Å². The van der Waals surface area contributed by atoms with Gasteiger partial charge in [0.15, 0.2) is 0 Å². The lowest BCUT2D eigenvalue weighted by Crippen LogP contribution is -2.28. The van der Waals surface area contributed by atoms with Crippen molar-refractivity contribution in [3.63, 3.8) is 0 Å². The summed E-state index contributed by atoms with van der Waals surface area (Å²) in [6.45, 7) is 4.18. The monoisotopic (exact) mass is 265 g/mol. The number of aromatic nitrogens is 2. The van der Waals surface area contributed by atoms with Gasteiger partial charge in [0.25, 0.3) is 0 Å². The molecule has 3 nitrogen and oxygen atoms in total. The normalized spacial score (nSPS) is 28.1. The van der Waals surface area contributed by atoms with Crippen LogP contribution in [0.5, 0.6) is 0 Å². The fraction of sp³-hybridized carbons (Fsp3) is 0.714. The molecule has 0 radical (unpaired) electrons. The lowest BCUT2D eigenvalue weighted by atomic mass is 9.69. The maximum Gasteiger partial charge on any atom is 0.0847 e. The molecule has 1 aromatic rings. The van der Waals surface area contributed by atoms with Crippen molar-refractivity contribution < 1.29 is 0 Å². The number of rotatable bonds is 2. The molecule has 0 aromatic carbocycles. The average molecular weight is 266 g/mol. The first-order valence-electron chi connectivity index (χ1n) is 6.57. The zero-order valence-electron chi connectivity index (χ0n) is 11.3. The Morgan fingerprint density at radius 3 is 2.56 bits per heavy atom. The zero-order valence-corrected chi connectivity index (χ0v) is 12.1. The summed E-state index contributed by atoms with van der Waals surface area (Å²) in [5.41, 5.74) is 1.62. The molecule has 18 heavy (non-hydrogen) atoms. The van der Waals surface area contributed by atoms with E-state index in [9.17, 15) is 5.26 Å². The number of nitriles is 1. The van der Waals surface area contributed by atoms with Gasteiger partial charge in [0.1, 0.15) is 0 Å². The third kappa shape index (κ3) is 2.40. The van der Waals surface area contributed by atoms with E-state index in [0.717, 1.165) is 54.4 Å². The number of nitrogens with zero attached hydrogens (tertiary/aromatic N) is 3. The molecule has 1 aliphatic carbocycles. The molecule has 1 heterocycles. The van der Waals surface area contributed by atoms with Crippen LogP contribution in [0.4, 0.5) is 0 Å². The van der Waals surface area contributed by atoms with Crippen LogP contribution in [0.15, 0.2) is 0 Å². The summed E-state index contributed by atoms with van der Waals surface area (Å²) in [6, 6.07) is 2.55. The first-order chi connectivity index (χ1) is 8.47. The minimum Gasteiger partial charge on any atom is -0.271 e. The van der Waals surface area contributed by atoms with Crippen molar-refractivity contribution in [3.05, 3.63) is 16.4 Å². The highest BCUT2D eigenvalue weighted by Crippen LogP contribution is 2.42. The first-order valence-corrected chi connectivity index (χ1v) is 6.94. The van der Waals surface area contributed by atoms with Crippen LogP contribution in [0, 0.1) is 29.6 Å². The van der Waals surface area contributed by atoms with E-state index >= 15 is 0 Å². The minimum absolute atomic E-state index is 0.240. The summed E-state index contributed by atoms with van der Waals surface area (Å²) in [6.07, 6.45) is 4.97. The lowest BCUT2D eigenvalue weighted by molar-refractivity contribution is 0.215. The maximum absolute atomic E-state index is 9.55. The van der Waals surface area contributed by atoms with Gasteiger partial charge in [-0.1, -0.05) is 18.5 Å². The molecule has 1 aromatic heterocycles. The van der Waals surface area contributed by atoms with Crippen LogP contribution < -0.4 is 0 Å². The summed E-state index contributed by atoms with van der Waals surface area (Å²) < 4.78 is 1.83. The Morgan fingerprint density at radius 2 is 2.11 bits per heavy atom. The molecule has 4 heteroatoms. The van der Waals surface area contributed by atoms with Gasteiger partial charge >= 0.3 is 0 Å². The quantitative estimate of drug-likeness (QED) is 0.819. The van der Waals surface area contributed by atoms with Gasteiger partial charge in [0, 0.05) is 13.5 Å². The van der Waals surface area contributed by atoms with Gasteiger partial charge in [-0.15, -0.1) is 0 Å². The van der Waals surface area contributed by atoms with Crippen molar-refractivity contribution >= 4 is 11.6 Å². The molecule has 0 aliphatic heterocycles. The van der Waals surface area contributed by atoms with Gasteiger partial charge in [0.05, 0.1) is 27.9 Å². The van der Waals surface area contributed by atoms with E-state index in [1.54, 1.807) is 0 Å². The van der Waals surface area contributed by atoms with E-state index < -0.39 is 0 Å². The summed E-state index contributed by atoms with van der Waals surface area (Å²) in [5.74, 6) is 0.746. The van der Waals surface area contributed by atoms with Crippen LogP contribution in [0.25, 0.3) is 0 Å². The molecular formula is C14H20ClN3. The molecule has 0 saturated heterocycles. The summed E-state index contributed by atoms with van der Waals surface area (Å²) in [4.78, 5) is 0. The Kier molecular flexibility index (Phi) is 3.68. The number of hydrogen-bond acceptors (Lipinski definition) is 2. The number of halogens is 1. The zero-order chi connectivity index (χ0) is 13.3. The Balaban J connectivity index is 2.23. The smallest absolute Gasteiger partial charge is 0.0847 e. The Labute approximate surface area is 114 Å². The van der Waals surface area contributed by atoms with Crippen molar-refractivity contribution in [2.75, 3.05) is 0 Å². The van der Waals surface area contributed by atoms with Gasteiger partial charge in [0.2, 0.25) is 0 Å². The molecule has 1 aliphatic rings. The van der Waals surface area contributed by atoms with Gasteiger partial charge in [-0.2, -0.15) is 10.4 Å². The standard InChI is InChI=1S/C14H20ClN3/c1-10-4-6-14(9-16,7-5-10)8-12-13(15)11(2)17-18(12)3/h10H,4-8H2,1-3H3. The molecular weight excluding hydrogens is 246 g/mol. The average Bonchev–Trinajstić information content (AvgIpc) is 2.59. The predicted molar refractivity (Wildman–Crippen MR) is 72.3 cm³/mol. The molecule has 2 rings (SSSR count). The molecule has 1 saturated carbocycles. The van der Waals surface area contributed by atoms with Crippen molar-refractivity contribution in [1.29, 1.82) is 5.26 Å². The van der Waals surface area contributed by atoms with E-state index in [1.165, 1.54) is 0 Å².